The quantitative estimate of drug-likeness (QED) is 0.459. The van der Waals surface area contributed by atoms with Crippen molar-refractivity contribution in [2.75, 3.05) is 0 Å². The fraction of sp³-hybridized carbons (Fsp3) is 0. The van der Waals surface area contributed by atoms with Crippen molar-refractivity contribution in [3.63, 3.8) is 0 Å². The van der Waals surface area contributed by atoms with Gasteiger partial charge in [-0.3, -0.25) is 0 Å². The van der Waals surface area contributed by atoms with Gasteiger partial charge in [0.1, 0.15) is 0 Å². The van der Waals surface area contributed by atoms with E-state index in [-0.39, 0.29) is 100 Å². The first-order valence-electron chi connectivity index (χ1n) is 0. The summed E-state index contributed by atoms with van der Waals surface area (Å²) in [7, 11) is 0. The van der Waals surface area contributed by atoms with Crippen LogP contribution in [-0.4, -0.2) is 100 Å². The molecule has 0 nitrogen and oxygen atoms in total. The SMILES string of the molecule is [Al].[Al].[Ga].[Ga].[In]. The average Bonchev–Trinajstić information content (AvgIpc) is 0. The van der Waals surface area contributed by atoms with Gasteiger partial charge in [-0.15, -0.1) is 0 Å². The molecule has 0 atom stereocenters. The summed E-state index contributed by atoms with van der Waals surface area (Å²) in [5, 5.41) is 0. The zero-order valence-electron chi connectivity index (χ0n) is 2.89. The molecule has 0 fully saturated rings. The van der Waals surface area contributed by atoms with Crippen LogP contribution >= 0.6 is 0 Å². The van der Waals surface area contributed by atoms with E-state index < -0.39 is 0 Å². The maximum absolute atomic E-state index is 0. The fourth-order valence-corrected chi connectivity index (χ4v) is 0. The zero-order chi connectivity index (χ0) is 0. The summed E-state index contributed by atoms with van der Waals surface area (Å²) >= 11 is 0. The Morgan fingerprint density at radius 2 is 0.600 bits per heavy atom. The summed E-state index contributed by atoms with van der Waals surface area (Å²) in [5.41, 5.74) is 0. The fourth-order valence-electron chi connectivity index (χ4n) is 0. The summed E-state index contributed by atoms with van der Waals surface area (Å²) < 4.78 is 0. The van der Waals surface area contributed by atoms with E-state index in [1.165, 1.54) is 0 Å². The van der Waals surface area contributed by atoms with Crippen molar-refractivity contribution in [3.05, 3.63) is 0 Å². The molecule has 0 heterocycles. The standard InChI is InChI=1S/2Al.2Ga.In. The molecular weight excluding hydrogens is 308 g/mol. The molecule has 5 heteroatoms. The summed E-state index contributed by atoms with van der Waals surface area (Å²) in [6.07, 6.45) is 0. The molecule has 0 amide bonds. The Morgan fingerprint density at radius 3 is 0.600 bits per heavy atom. The van der Waals surface area contributed by atoms with Gasteiger partial charge in [-0.1, -0.05) is 0 Å². The van der Waals surface area contributed by atoms with Crippen LogP contribution in [-0.2, 0) is 0 Å². The molecule has 0 aromatic rings. The van der Waals surface area contributed by atoms with Crippen molar-refractivity contribution in [1.82, 2.24) is 0 Å². The third kappa shape index (κ3) is 19.0. The van der Waals surface area contributed by atoms with E-state index in [0.29, 0.717) is 0 Å². The van der Waals surface area contributed by atoms with E-state index >= 15 is 0 Å². The second-order valence-electron chi connectivity index (χ2n) is 0. The third-order valence-corrected chi connectivity index (χ3v) is 0. The van der Waals surface area contributed by atoms with Crippen LogP contribution in [0.3, 0.4) is 0 Å². The minimum absolute atomic E-state index is 0. The number of hydrogen-bond acceptors (Lipinski definition) is 0. The minimum Gasteiger partial charge on any atom is 0 e. The van der Waals surface area contributed by atoms with Gasteiger partial charge in [0.2, 0.25) is 0 Å². The largest absolute Gasteiger partial charge is 0 e. The first-order valence-corrected chi connectivity index (χ1v) is 0. The Bertz CT molecular complexity index is 7.61. The average molecular weight is 308 g/mol. The Morgan fingerprint density at radius 1 is 0.600 bits per heavy atom. The van der Waals surface area contributed by atoms with Crippen LogP contribution in [0.1, 0.15) is 0 Å². The van der Waals surface area contributed by atoms with E-state index in [0.717, 1.165) is 0 Å². The molecule has 0 aromatic heterocycles. The van der Waals surface area contributed by atoms with Crippen molar-refractivity contribution in [1.29, 1.82) is 0 Å². The van der Waals surface area contributed by atoms with Crippen molar-refractivity contribution < 1.29 is 0 Å². The van der Waals surface area contributed by atoms with Crippen molar-refractivity contribution in [2.24, 2.45) is 0 Å². The van der Waals surface area contributed by atoms with Crippen molar-refractivity contribution in [3.8, 4) is 0 Å². The maximum atomic E-state index is 0. The van der Waals surface area contributed by atoms with Crippen molar-refractivity contribution >= 4 is 100 Å². The Kier molecular flexibility index (Phi) is 224. The van der Waals surface area contributed by atoms with Crippen LogP contribution in [0.15, 0.2) is 0 Å². The second kappa shape index (κ2) is 27.0. The molecule has 0 N–H and O–H groups in total. The van der Waals surface area contributed by atoms with Gasteiger partial charge in [0.25, 0.3) is 0 Å². The van der Waals surface area contributed by atoms with Crippen LogP contribution in [0.25, 0.3) is 0 Å². The van der Waals surface area contributed by atoms with E-state index in [9.17, 15) is 0 Å². The molecule has 0 aliphatic rings. The van der Waals surface area contributed by atoms with Gasteiger partial charge in [0.15, 0.2) is 0 Å². The molecule has 0 unspecified atom stereocenters. The Hall–Kier alpha value is 3.21. The van der Waals surface area contributed by atoms with Gasteiger partial charge in [0, 0.05) is 100 Å². The second-order valence-corrected chi connectivity index (χ2v) is 0. The number of rotatable bonds is 0. The van der Waals surface area contributed by atoms with Crippen LogP contribution in [0.5, 0.6) is 0 Å². The van der Waals surface area contributed by atoms with Gasteiger partial charge >= 0.3 is 0 Å². The van der Waals surface area contributed by atoms with Crippen molar-refractivity contribution in [2.45, 2.75) is 0 Å². The summed E-state index contributed by atoms with van der Waals surface area (Å²) in [6, 6.07) is 0. The predicted molar refractivity (Wildman–Crippen MR) is 28.8 cm³/mol. The molecule has 0 aliphatic heterocycles. The molecular formula is Al2Ga2In. The van der Waals surface area contributed by atoms with Gasteiger partial charge in [-0.05, 0) is 0 Å². The van der Waals surface area contributed by atoms with E-state index in [4.69, 9.17) is 0 Å². The third-order valence-electron chi connectivity index (χ3n) is 0. The first kappa shape index (κ1) is 41.4. The predicted octanol–water partition coefficient (Wildman–Crippen LogP) is -1.90. The molecule has 15 radical (unpaired) electrons. The van der Waals surface area contributed by atoms with E-state index in [1.54, 1.807) is 0 Å². The topological polar surface area (TPSA) is 0 Å². The molecule has 0 bridgehead atoms. The molecule has 0 saturated carbocycles. The molecule has 0 aromatic carbocycles. The maximum Gasteiger partial charge on any atom is 0 e. The minimum atomic E-state index is 0. The smallest absolute Gasteiger partial charge is 0 e. The molecule has 0 spiro atoms. The van der Waals surface area contributed by atoms with Gasteiger partial charge in [-0.2, -0.15) is 0 Å². The van der Waals surface area contributed by atoms with Crippen LogP contribution < -0.4 is 0 Å². The Balaban J connectivity index is 0. The Labute approximate surface area is 98.4 Å². The van der Waals surface area contributed by atoms with E-state index in [2.05, 4.69) is 0 Å². The molecule has 15 valence electrons. The normalized spacial score (nSPS) is 0. The number of hydrogen-bond donors (Lipinski definition) is 0. The van der Waals surface area contributed by atoms with Gasteiger partial charge in [0.05, 0.1) is 0 Å². The summed E-state index contributed by atoms with van der Waals surface area (Å²) in [4.78, 5) is 0. The first-order chi connectivity index (χ1) is 0. The van der Waals surface area contributed by atoms with Crippen LogP contribution in [0, 0.1) is 0 Å². The molecule has 5 heavy (non-hydrogen) atoms. The molecule has 0 saturated heterocycles. The molecule has 0 aliphatic carbocycles. The van der Waals surface area contributed by atoms with Crippen LogP contribution in [0.2, 0.25) is 0 Å². The van der Waals surface area contributed by atoms with E-state index in [1.807, 2.05) is 0 Å². The molecule has 0 rings (SSSR count). The van der Waals surface area contributed by atoms with Gasteiger partial charge in [-0.25, -0.2) is 0 Å². The van der Waals surface area contributed by atoms with Gasteiger partial charge < -0.3 is 0 Å². The summed E-state index contributed by atoms with van der Waals surface area (Å²) in [6.45, 7) is 0. The van der Waals surface area contributed by atoms with Crippen LogP contribution in [0.4, 0.5) is 0 Å². The monoisotopic (exact) mass is 307 g/mol. The summed E-state index contributed by atoms with van der Waals surface area (Å²) in [5.74, 6) is 0. The zero-order valence-corrected chi connectivity index (χ0v) is 13.3.